The van der Waals surface area contributed by atoms with E-state index in [0.717, 1.165) is 16.9 Å². The fourth-order valence-electron chi connectivity index (χ4n) is 2.96. The summed E-state index contributed by atoms with van der Waals surface area (Å²) >= 11 is 0. The SMILES string of the molecule is Cc1c([C@H](C)NC(=O)c2cn3cccnc3n2)cnn1-c1ccccc1. The summed E-state index contributed by atoms with van der Waals surface area (Å²) in [5, 5.41) is 7.44. The zero-order chi connectivity index (χ0) is 18.1. The van der Waals surface area contributed by atoms with Gasteiger partial charge in [0.1, 0.15) is 5.69 Å². The Kier molecular flexibility index (Phi) is 3.96. The van der Waals surface area contributed by atoms with E-state index < -0.39 is 0 Å². The molecule has 0 unspecified atom stereocenters. The highest BCUT2D eigenvalue weighted by molar-refractivity contribution is 5.93. The number of imidazole rings is 1. The number of carbonyl (C=O) groups excluding carboxylic acids is 1. The number of amides is 1. The van der Waals surface area contributed by atoms with E-state index in [-0.39, 0.29) is 11.9 Å². The van der Waals surface area contributed by atoms with Crippen molar-refractivity contribution in [2.24, 2.45) is 0 Å². The Balaban J connectivity index is 1.55. The van der Waals surface area contributed by atoms with Crippen LogP contribution in [0.1, 0.15) is 34.7 Å². The van der Waals surface area contributed by atoms with Crippen LogP contribution in [0.15, 0.2) is 61.2 Å². The number of hydrogen-bond acceptors (Lipinski definition) is 4. The van der Waals surface area contributed by atoms with E-state index in [1.54, 1.807) is 29.1 Å². The third-order valence-corrected chi connectivity index (χ3v) is 4.33. The van der Waals surface area contributed by atoms with Gasteiger partial charge in [-0.3, -0.25) is 9.20 Å². The van der Waals surface area contributed by atoms with Gasteiger partial charge in [0.05, 0.1) is 17.9 Å². The molecule has 1 amide bonds. The molecular weight excluding hydrogens is 328 g/mol. The van der Waals surface area contributed by atoms with Gasteiger partial charge < -0.3 is 5.32 Å². The van der Waals surface area contributed by atoms with Crippen molar-refractivity contribution in [3.8, 4) is 5.69 Å². The summed E-state index contributed by atoms with van der Waals surface area (Å²) in [5.74, 6) is 0.258. The van der Waals surface area contributed by atoms with Crippen LogP contribution in [0.4, 0.5) is 0 Å². The standard InChI is InChI=1S/C19H18N6O/c1-13(16-11-21-25(14(16)2)15-7-4-3-5-8-15)22-18(26)17-12-24-10-6-9-20-19(24)23-17/h3-13H,1-2H3,(H,22,26)/t13-/m0/s1. The maximum atomic E-state index is 12.5. The lowest BCUT2D eigenvalue weighted by molar-refractivity contribution is 0.0935. The van der Waals surface area contributed by atoms with Gasteiger partial charge in [-0.25, -0.2) is 14.6 Å². The molecule has 0 spiro atoms. The molecule has 0 aliphatic heterocycles. The van der Waals surface area contributed by atoms with Crippen molar-refractivity contribution < 1.29 is 4.79 Å². The first-order chi connectivity index (χ1) is 12.6. The van der Waals surface area contributed by atoms with Gasteiger partial charge in [-0.15, -0.1) is 0 Å². The Morgan fingerprint density at radius 3 is 2.77 bits per heavy atom. The molecule has 26 heavy (non-hydrogen) atoms. The summed E-state index contributed by atoms with van der Waals surface area (Å²) in [6.07, 6.45) is 6.92. The number of para-hydroxylation sites is 1. The van der Waals surface area contributed by atoms with Crippen LogP contribution in [0.25, 0.3) is 11.5 Å². The van der Waals surface area contributed by atoms with Crippen molar-refractivity contribution in [3.05, 3.63) is 78.1 Å². The van der Waals surface area contributed by atoms with Gasteiger partial charge in [-0.2, -0.15) is 5.10 Å². The Hall–Kier alpha value is -3.48. The molecule has 0 saturated heterocycles. The van der Waals surface area contributed by atoms with Crippen molar-refractivity contribution in [3.63, 3.8) is 0 Å². The predicted molar refractivity (Wildman–Crippen MR) is 97.2 cm³/mol. The average Bonchev–Trinajstić information content (AvgIpc) is 3.26. The third kappa shape index (κ3) is 2.83. The first-order valence-electron chi connectivity index (χ1n) is 8.34. The Morgan fingerprint density at radius 1 is 1.19 bits per heavy atom. The Bertz CT molecular complexity index is 1030. The van der Waals surface area contributed by atoms with Gasteiger partial charge in [-0.1, -0.05) is 18.2 Å². The van der Waals surface area contributed by atoms with Crippen molar-refractivity contribution in [2.75, 3.05) is 0 Å². The second kappa shape index (κ2) is 6.44. The number of carbonyl (C=O) groups is 1. The quantitative estimate of drug-likeness (QED) is 0.616. The van der Waals surface area contributed by atoms with Crippen LogP contribution in [-0.4, -0.2) is 30.1 Å². The van der Waals surface area contributed by atoms with E-state index >= 15 is 0 Å². The molecule has 1 aromatic carbocycles. The summed E-state index contributed by atoms with van der Waals surface area (Å²) in [6.45, 7) is 3.93. The summed E-state index contributed by atoms with van der Waals surface area (Å²) in [5.41, 5.74) is 3.27. The van der Waals surface area contributed by atoms with Crippen LogP contribution >= 0.6 is 0 Å². The number of benzene rings is 1. The molecule has 0 aliphatic rings. The lowest BCUT2D eigenvalue weighted by Gasteiger charge is -2.13. The van der Waals surface area contributed by atoms with Crippen LogP contribution in [0.5, 0.6) is 0 Å². The number of hydrogen-bond donors (Lipinski definition) is 1. The first-order valence-corrected chi connectivity index (χ1v) is 8.34. The van der Waals surface area contributed by atoms with E-state index in [0.29, 0.717) is 11.5 Å². The molecule has 7 nitrogen and oxygen atoms in total. The van der Waals surface area contributed by atoms with Gasteiger partial charge in [0.15, 0.2) is 0 Å². The molecule has 4 aromatic rings. The molecule has 3 heterocycles. The summed E-state index contributed by atoms with van der Waals surface area (Å²) < 4.78 is 3.59. The minimum absolute atomic E-state index is 0.197. The number of fused-ring (bicyclic) bond motifs is 1. The maximum Gasteiger partial charge on any atom is 0.272 e. The Labute approximate surface area is 150 Å². The molecule has 7 heteroatoms. The first kappa shape index (κ1) is 16.0. The minimum atomic E-state index is -0.241. The lowest BCUT2D eigenvalue weighted by Crippen LogP contribution is -2.27. The van der Waals surface area contributed by atoms with E-state index in [1.165, 1.54) is 0 Å². The second-order valence-corrected chi connectivity index (χ2v) is 6.08. The van der Waals surface area contributed by atoms with Crippen LogP contribution in [0.3, 0.4) is 0 Å². The minimum Gasteiger partial charge on any atom is -0.344 e. The largest absolute Gasteiger partial charge is 0.344 e. The topological polar surface area (TPSA) is 77.1 Å². The van der Waals surface area contributed by atoms with Gasteiger partial charge in [0.25, 0.3) is 5.91 Å². The van der Waals surface area contributed by atoms with E-state index in [9.17, 15) is 4.79 Å². The molecule has 0 bridgehead atoms. The van der Waals surface area contributed by atoms with Crippen LogP contribution < -0.4 is 5.32 Å². The zero-order valence-corrected chi connectivity index (χ0v) is 14.5. The number of nitrogens with zero attached hydrogens (tertiary/aromatic N) is 5. The van der Waals surface area contributed by atoms with Gasteiger partial charge in [-0.05, 0) is 32.0 Å². The van der Waals surface area contributed by atoms with E-state index in [1.807, 2.05) is 55.1 Å². The lowest BCUT2D eigenvalue weighted by atomic mass is 10.1. The van der Waals surface area contributed by atoms with Crippen molar-refractivity contribution in [1.82, 2.24) is 29.5 Å². The normalized spacial score (nSPS) is 12.2. The van der Waals surface area contributed by atoms with Gasteiger partial charge >= 0.3 is 0 Å². The monoisotopic (exact) mass is 346 g/mol. The fraction of sp³-hybridized carbons (Fsp3) is 0.158. The summed E-state index contributed by atoms with van der Waals surface area (Å²) in [7, 11) is 0. The highest BCUT2D eigenvalue weighted by atomic mass is 16.2. The predicted octanol–water partition coefficient (Wildman–Crippen LogP) is 2.71. The summed E-state index contributed by atoms with van der Waals surface area (Å²) in [6, 6.07) is 11.5. The Morgan fingerprint density at radius 2 is 2.00 bits per heavy atom. The molecule has 0 aliphatic carbocycles. The second-order valence-electron chi connectivity index (χ2n) is 6.08. The van der Waals surface area contributed by atoms with E-state index in [2.05, 4.69) is 20.4 Å². The molecular formula is C19H18N6O. The molecule has 0 saturated carbocycles. The number of rotatable bonds is 4. The number of nitrogens with one attached hydrogen (secondary N) is 1. The molecule has 0 fully saturated rings. The molecule has 130 valence electrons. The zero-order valence-electron chi connectivity index (χ0n) is 14.5. The number of aromatic nitrogens is 5. The molecule has 0 radical (unpaired) electrons. The van der Waals surface area contributed by atoms with Gasteiger partial charge in [0, 0.05) is 29.8 Å². The fourth-order valence-corrected chi connectivity index (χ4v) is 2.96. The van der Waals surface area contributed by atoms with Gasteiger partial charge in [0.2, 0.25) is 5.78 Å². The van der Waals surface area contributed by atoms with E-state index in [4.69, 9.17) is 0 Å². The molecule has 1 N–H and O–H groups in total. The third-order valence-electron chi connectivity index (χ3n) is 4.33. The highest BCUT2D eigenvalue weighted by Gasteiger charge is 2.18. The van der Waals surface area contributed by atoms with Crippen LogP contribution in [-0.2, 0) is 0 Å². The molecule has 1 atom stereocenters. The van der Waals surface area contributed by atoms with Crippen molar-refractivity contribution in [2.45, 2.75) is 19.9 Å². The van der Waals surface area contributed by atoms with Crippen molar-refractivity contribution >= 4 is 11.7 Å². The highest BCUT2D eigenvalue weighted by Crippen LogP contribution is 2.20. The van der Waals surface area contributed by atoms with Crippen LogP contribution in [0, 0.1) is 6.92 Å². The van der Waals surface area contributed by atoms with Crippen LogP contribution in [0.2, 0.25) is 0 Å². The average molecular weight is 346 g/mol. The smallest absolute Gasteiger partial charge is 0.272 e. The molecule has 4 rings (SSSR count). The molecule has 3 aromatic heterocycles. The van der Waals surface area contributed by atoms with Crippen molar-refractivity contribution in [1.29, 1.82) is 0 Å². The maximum absolute atomic E-state index is 12.5. The summed E-state index contributed by atoms with van der Waals surface area (Å²) in [4.78, 5) is 20.9.